The van der Waals surface area contributed by atoms with Crippen LogP contribution in [0.3, 0.4) is 0 Å². The molecular formula is C29H34FN5O3S. The molecule has 2 aliphatic carbocycles. The highest BCUT2D eigenvalue weighted by Gasteiger charge is 2.45. The number of nitrogens with two attached hydrogens (primary N) is 1. The first kappa shape index (κ1) is 26.3. The SMILES string of the molecule is NC=C1CC2(COCC3CC3)CN(S(=O)c3ccc(N4CC(O)C4)nc3)CCC2=CC1=Nc1ccc(F)cc1. The lowest BCUT2D eigenvalue weighted by Gasteiger charge is -2.46. The highest BCUT2D eigenvalue weighted by Crippen LogP contribution is 2.46. The average molecular weight is 552 g/mol. The maximum atomic E-state index is 13.7. The standard InChI is InChI=1S/C29H34FN5O3S/c30-23-3-5-24(6-4-23)33-27-11-22-9-10-35(18-29(22,12-21(27)13-31)19-38-17-20-1-2-20)39(37)26-7-8-28(32-14-26)34-15-25(36)16-34/h3-8,11,13-14,20,25,36H,1-2,9-10,12,15-19,31H2. The number of β-amino-alcohol motifs (C(OH)–C–C–N with tert-alkyl or cyclic N) is 1. The fraction of sp³-hybridized carbons (Fsp3) is 0.448. The Morgan fingerprint density at radius 1 is 1.23 bits per heavy atom. The fourth-order valence-corrected chi connectivity index (χ4v) is 6.78. The van der Waals surface area contributed by atoms with Crippen molar-refractivity contribution in [2.75, 3.05) is 44.3 Å². The quantitative estimate of drug-likeness (QED) is 0.521. The Bertz CT molecular complexity index is 1320. The first-order valence-corrected chi connectivity index (χ1v) is 14.6. The number of hydrogen-bond acceptors (Lipinski definition) is 7. The maximum absolute atomic E-state index is 13.7. The van der Waals surface area contributed by atoms with Gasteiger partial charge in [0.05, 0.1) is 29.0 Å². The minimum absolute atomic E-state index is 0.299. The third kappa shape index (κ3) is 5.70. The van der Waals surface area contributed by atoms with E-state index >= 15 is 0 Å². The summed E-state index contributed by atoms with van der Waals surface area (Å²) in [7, 11) is -1.38. The molecule has 4 aliphatic rings. The van der Waals surface area contributed by atoms with Gasteiger partial charge in [-0.1, -0.05) is 5.57 Å². The van der Waals surface area contributed by atoms with E-state index in [1.807, 2.05) is 21.3 Å². The van der Waals surface area contributed by atoms with Crippen molar-refractivity contribution in [3.8, 4) is 0 Å². The van der Waals surface area contributed by atoms with Crippen LogP contribution >= 0.6 is 0 Å². The molecule has 0 bridgehead atoms. The van der Waals surface area contributed by atoms with E-state index in [-0.39, 0.29) is 17.3 Å². The lowest BCUT2D eigenvalue weighted by Crippen LogP contribution is -2.51. The lowest BCUT2D eigenvalue weighted by molar-refractivity contribution is 0.0367. The van der Waals surface area contributed by atoms with Crippen molar-refractivity contribution < 1.29 is 18.4 Å². The Balaban J connectivity index is 1.25. The Hall–Kier alpha value is -2.92. The molecule has 1 aromatic heterocycles. The molecule has 3 N–H and O–H groups in total. The van der Waals surface area contributed by atoms with Crippen molar-refractivity contribution in [3.63, 3.8) is 0 Å². The summed E-state index contributed by atoms with van der Waals surface area (Å²) in [5, 5.41) is 9.57. The number of rotatable bonds is 8. The Morgan fingerprint density at radius 3 is 2.69 bits per heavy atom. The summed E-state index contributed by atoms with van der Waals surface area (Å²) in [6, 6.07) is 9.86. The van der Waals surface area contributed by atoms with Crippen LogP contribution in [0.1, 0.15) is 25.7 Å². The zero-order chi connectivity index (χ0) is 27.0. The number of ether oxygens (including phenoxy) is 1. The zero-order valence-electron chi connectivity index (χ0n) is 21.8. The van der Waals surface area contributed by atoms with Crippen molar-refractivity contribution in [1.82, 2.24) is 9.29 Å². The maximum Gasteiger partial charge on any atom is 0.129 e. The molecule has 2 aromatic rings. The van der Waals surface area contributed by atoms with E-state index in [4.69, 9.17) is 15.5 Å². The van der Waals surface area contributed by atoms with Crippen molar-refractivity contribution in [3.05, 3.63) is 71.8 Å². The molecule has 2 atom stereocenters. The molecule has 8 nitrogen and oxygen atoms in total. The van der Waals surface area contributed by atoms with Gasteiger partial charge in [-0.3, -0.25) is 0 Å². The molecule has 6 rings (SSSR count). The molecule has 0 amide bonds. The van der Waals surface area contributed by atoms with E-state index in [1.54, 1.807) is 24.5 Å². The number of allylic oxidation sites excluding steroid dienone is 2. The van der Waals surface area contributed by atoms with E-state index in [0.29, 0.717) is 55.7 Å². The molecular weight excluding hydrogens is 517 g/mol. The normalized spacial score (nSPS) is 26.8. The minimum Gasteiger partial charge on any atom is -0.404 e. The largest absolute Gasteiger partial charge is 0.404 e. The lowest BCUT2D eigenvalue weighted by atomic mass is 9.68. The number of benzene rings is 1. The van der Waals surface area contributed by atoms with Crippen LogP contribution in [-0.4, -0.2) is 69.8 Å². The summed E-state index contributed by atoms with van der Waals surface area (Å²) in [6.07, 6.45) is 8.86. The predicted molar refractivity (Wildman–Crippen MR) is 149 cm³/mol. The van der Waals surface area contributed by atoms with Crippen LogP contribution in [0.4, 0.5) is 15.9 Å². The third-order valence-corrected chi connectivity index (χ3v) is 9.43. The summed E-state index contributed by atoms with van der Waals surface area (Å²) >= 11 is 0. The molecule has 3 fully saturated rings. The summed E-state index contributed by atoms with van der Waals surface area (Å²) in [5.41, 5.74) is 9.32. The van der Waals surface area contributed by atoms with Gasteiger partial charge in [0.15, 0.2) is 0 Å². The molecule has 39 heavy (non-hydrogen) atoms. The Morgan fingerprint density at radius 2 is 2.03 bits per heavy atom. The molecule has 2 unspecified atom stereocenters. The second-order valence-corrected chi connectivity index (χ2v) is 12.5. The van der Waals surface area contributed by atoms with Gasteiger partial charge < -0.3 is 20.5 Å². The van der Waals surface area contributed by atoms with Gasteiger partial charge in [-0.2, -0.15) is 0 Å². The molecule has 1 aromatic carbocycles. The first-order chi connectivity index (χ1) is 18.9. The molecule has 10 heteroatoms. The Labute approximate surface area is 230 Å². The van der Waals surface area contributed by atoms with E-state index in [2.05, 4.69) is 11.1 Å². The van der Waals surface area contributed by atoms with Crippen LogP contribution < -0.4 is 10.6 Å². The van der Waals surface area contributed by atoms with E-state index < -0.39 is 11.0 Å². The number of fused-ring (bicyclic) bond motifs is 1. The second kappa shape index (κ2) is 10.9. The monoisotopic (exact) mass is 551 g/mol. The van der Waals surface area contributed by atoms with Crippen molar-refractivity contribution in [2.24, 2.45) is 22.1 Å². The van der Waals surface area contributed by atoms with Crippen LogP contribution in [0.25, 0.3) is 0 Å². The van der Waals surface area contributed by atoms with Crippen LogP contribution in [0, 0.1) is 17.2 Å². The summed E-state index contributed by atoms with van der Waals surface area (Å²) < 4.78 is 35.4. The van der Waals surface area contributed by atoms with Gasteiger partial charge in [0.1, 0.15) is 22.6 Å². The van der Waals surface area contributed by atoms with Crippen LogP contribution in [0.5, 0.6) is 0 Å². The highest BCUT2D eigenvalue weighted by molar-refractivity contribution is 7.82. The van der Waals surface area contributed by atoms with Gasteiger partial charge in [-0.25, -0.2) is 22.9 Å². The molecule has 206 valence electrons. The van der Waals surface area contributed by atoms with Crippen LogP contribution in [-0.2, 0) is 15.7 Å². The number of pyridine rings is 1. The molecule has 0 spiro atoms. The smallest absolute Gasteiger partial charge is 0.129 e. The number of nitrogens with zero attached hydrogens (tertiary/aromatic N) is 4. The first-order valence-electron chi connectivity index (χ1n) is 13.5. The van der Waals surface area contributed by atoms with E-state index in [1.165, 1.54) is 30.5 Å². The van der Waals surface area contributed by atoms with Crippen LogP contribution in [0.2, 0.25) is 0 Å². The topological polar surface area (TPSA) is 104 Å². The minimum atomic E-state index is -1.38. The van der Waals surface area contributed by atoms with Gasteiger partial charge in [0.2, 0.25) is 0 Å². The van der Waals surface area contributed by atoms with Gasteiger partial charge in [-0.15, -0.1) is 0 Å². The van der Waals surface area contributed by atoms with E-state index in [9.17, 15) is 13.7 Å². The van der Waals surface area contributed by atoms with Crippen molar-refractivity contribution in [2.45, 2.75) is 36.7 Å². The summed E-state index contributed by atoms with van der Waals surface area (Å²) in [4.78, 5) is 11.9. The number of aromatic nitrogens is 1. The third-order valence-electron chi connectivity index (χ3n) is 8.01. The number of piperidine rings is 1. The number of anilines is 1. The van der Waals surface area contributed by atoms with Gasteiger partial charge in [0.25, 0.3) is 0 Å². The van der Waals surface area contributed by atoms with Gasteiger partial charge in [0, 0.05) is 44.4 Å². The Kier molecular flexibility index (Phi) is 7.37. The van der Waals surface area contributed by atoms with Crippen molar-refractivity contribution in [1.29, 1.82) is 0 Å². The number of aliphatic hydroxyl groups is 1. The number of halogens is 1. The van der Waals surface area contributed by atoms with Crippen molar-refractivity contribution >= 4 is 28.2 Å². The predicted octanol–water partition coefficient (Wildman–Crippen LogP) is 3.49. The highest BCUT2D eigenvalue weighted by atomic mass is 32.2. The van der Waals surface area contributed by atoms with Gasteiger partial charge in [-0.05, 0) is 85.8 Å². The molecule has 0 radical (unpaired) electrons. The molecule has 2 saturated heterocycles. The van der Waals surface area contributed by atoms with Crippen LogP contribution in [0.15, 0.2) is 75.9 Å². The summed E-state index contributed by atoms with van der Waals surface area (Å²) in [5.74, 6) is 1.13. The fourth-order valence-electron chi connectivity index (χ4n) is 5.53. The number of aliphatic imine (C=N–C) groups is 1. The zero-order valence-corrected chi connectivity index (χ0v) is 22.7. The second-order valence-electron chi connectivity index (χ2n) is 11.0. The van der Waals surface area contributed by atoms with E-state index in [0.717, 1.165) is 30.1 Å². The number of hydrogen-bond donors (Lipinski definition) is 2. The average Bonchev–Trinajstić information content (AvgIpc) is 3.76. The van der Waals surface area contributed by atoms with Gasteiger partial charge >= 0.3 is 0 Å². The molecule has 3 heterocycles. The molecule has 1 saturated carbocycles. The molecule has 2 aliphatic heterocycles. The summed E-state index contributed by atoms with van der Waals surface area (Å²) in [6.45, 7) is 3.62. The number of aliphatic hydroxyl groups excluding tert-OH is 1.